The average Bonchev–Trinajstić information content (AvgIpc) is 2.47. The average molecular weight is 304 g/mol. The molecule has 1 aliphatic rings. The van der Waals surface area contributed by atoms with Crippen molar-refractivity contribution < 1.29 is 14.5 Å². The van der Waals surface area contributed by atoms with Crippen LogP contribution in [-0.2, 0) is 9.59 Å². The summed E-state index contributed by atoms with van der Waals surface area (Å²) in [5.74, 6) is 0.00792. The van der Waals surface area contributed by atoms with Crippen LogP contribution in [0, 0.1) is 5.92 Å². The zero-order valence-corrected chi connectivity index (χ0v) is 13.4. The number of amides is 2. The van der Waals surface area contributed by atoms with Gasteiger partial charge in [-0.1, -0.05) is 32.0 Å². The number of carbonyl (C=O) groups excluding carboxylic acids is 2. The highest BCUT2D eigenvalue weighted by atomic mass is 16.2. The number of likely N-dealkylation sites (tertiary alicyclic amines) is 1. The van der Waals surface area contributed by atoms with E-state index in [-0.39, 0.29) is 17.7 Å². The highest BCUT2D eigenvalue weighted by Gasteiger charge is 2.28. The number of nitrogens with one attached hydrogen (secondary N) is 2. The minimum Gasteiger partial charge on any atom is -0.369 e. The topological polar surface area (TPSA) is 76.6 Å². The molecule has 22 heavy (non-hydrogen) atoms. The van der Waals surface area contributed by atoms with Crippen molar-refractivity contribution in [2.45, 2.75) is 32.6 Å². The summed E-state index contributed by atoms with van der Waals surface area (Å²) in [5.41, 5.74) is 7.40. The predicted octanol–water partition coefficient (Wildman–Crippen LogP) is 0.529. The van der Waals surface area contributed by atoms with Gasteiger partial charge in [0.25, 0.3) is 5.91 Å². The predicted molar refractivity (Wildman–Crippen MR) is 86.6 cm³/mol. The normalized spacial score (nSPS) is 21.6. The first kappa shape index (κ1) is 16.5. The van der Waals surface area contributed by atoms with E-state index >= 15 is 0 Å². The summed E-state index contributed by atoms with van der Waals surface area (Å²) in [4.78, 5) is 24.7. The van der Waals surface area contributed by atoms with Crippen LogP contribution in [0.4, 0.5) is 5.69 Å². The van der Waals surface area contributed by atoms with E-state index in [0.29, 0.717) is 19.0 Å². The molecule has 1 aromatic carbocycles. The molecule has 5 nitrogen and oxygen atoms in total. The highest BCUT2D eigenvalue weighted by Crippen LogP contribution is 2.23. The molecular formula is C17H26N3O2+. The molecule has 120 valence electrons. The fourth-order valence-electron chi connectivity index (χ4n) is 3.09. The number of hydrogen-bond donors (Lipinski definition) is 3. The molecule has 2 rings (SSSR count). The van der Waals surface area contributed by atoms with Crippen molar-refractivity contribution in [2.24, 2.45) is 11.7 Å². The standard InChI is InChI=1S/C17H25N3O2/c1-12(2)14-7-3-4-8-15(14)19-16(21)11-20-9-5-6-13(10-20)17(18)22/h3-4,7-8,12-13H,5-6,9-11H2,1-2H3,(H2,18,22)(H,19,21)/p+1/t13-/m0/s1. The molecule has 0 spiro atoms. The maximum atomic E-state index is 12.3. The Morgan fingerprint density at radius 2 is 2.09 bits per heavy atom. The van der Waals surface area contributed by atoms with Crippen LogP contribution >= 0.6 is 0 Å². The molecule has 0 saturated carbocycles. The van der Waals surface area contributed by atoms with Gasteiger partial charge in [0.1, 0.15) is 0 Å². The number of piperidine rings is 1. The van der Waals surface area contributed by atoms with Gasteiger partial charge in [0.15, 0.2) is 6.54 Å². The van der Waals surface area contributed by atoms with Crippen molar-refractivity contribution in [1.29, 1.82) is 0 Å². The molecule has 2 amide bonds. The number of benzene rings is 1. The summed E-state index contributed by atoms with van der Waals surface area (Å²) in [7, 11) is 0. The Bertz CT molecular complexity index is 542. The van der Waals surface area contributed by atoms with Crippen LogP contribution in [0.5, 0.6) is 0 Å². The van der Waals surface area contributed by atoms with Crippen molar-refractivity contribution in [3.8, 4) is 0 Å². The van der Waals surface area contributed by atoms with Crippen molar-refractivity contribution in [3.05, 3.63) is 29.8 Å². The van der Waals surface area contributed by atoms with Crippen LogP contribution in [0.25, 0.3) is 0 Å². The third kappa shape index (κ3) is 4.31. The summed E-state index contributed by atoms with van der Waals surface area (Å²) < 4.78 is 0. The van der Waals surface area contributed by atoms with E-state index in [1.807, 2.05) is 24.3 Å². The molecule has 0 radical (unpaired) electrons. The van der Waals surface area contributed by atoms with Gasteiger partial charge in [0, 0.05) is 5.69 Å². The van der Waals surface area contributed by atoms with Gasteiger partial charge in [-0.2, -0.15) is 0 Å². The number of primary amides is 1. The molecule has 0 aliphatic carbocycles. The van der Waals surface area contributed by atoms with Crippen LogP contribution in [0.1, 0.15) is 38.2 Å². The number of hydrogen-bond acceptors (Lipinski definition) is 2. The fourth-order valence-corrected chi connectivity index (χ4v) is 3.09. The van der Waals surface area contributed by atoms with Crippen molar-refractivity contribution in [3.63, 3.8) is 0 Å². The van der Waals surface area contributed by atoms with Gasteiger partial charge in [-0.3, -0.25) is 9.59 Å². The molecule has 0 bridgehead atoms. The van der Waals surface area contributed by atoms with Crippen LogP contribution in [0.2, 0.25) is 0 Å². The molecule has 1 fully saturated rings. The Morgan fingerprint density at radius 1 is 1.36 bits per heavy atom. The SMILES string of the molecule is CC(C)c1ccccc1NC(=O)C[NH+]1CCC[C@H](C(N)=O)C1. The molecule has 1 heterocycles. The molecule has 1 aliphatic heterocycles. The first-order valence-electron chi connectivity index (χ1n) is 7.99. The van der Waals surface area contributed by atoms with Crippen molar-refractivity contribution in [2.75, 3.05) is 25.0 Å². The van der Waals surface area contributed by atoms with E-state index < -0.39 is 0 Å². The van der Waals surface area contributed by atoms with Crippen LogP contribution < -0.4 is 16.0 Å². The first-order chi connectivity index (χ1) is 10.5. The number of anilines is 1. The fraction of sp³-hybridized carbons (Fsp3) is 0.529. The third-order valence-corrected chi connectivity index (χ3v) is 4.29. The van der Waals surface area contributed by atoms with E-state index in [1.165, 1.54) is 0 Å². The van der Waals surface area contributed by atoms with Crippen LogP contribution in [0.3, 0.4) is 0 Å². The zero-order chi connectivity index (χ0) is 16.1. The van der Waals surface area contributed by atoms with E-state index in [4.69, 9.17) is 5.73 Å². The van der Waals surface area contributed by atoms with Crippen molar-refractivity contribution >= 4 is 17.5 Å². The van der Waals surface area contributed by atoms with E-state index in [9.17, 15) is 9.59 Å². The summed E-state index contributed by atoms with van der Waals surface area (Å²) in [6.45, 7) is 6.19. The number of nitrogens with two attached hydrogens (primary N) is 1. The van der Waals surface area contributed by atoms with Gasteiger partial charge in [0.2, 0.25) is 5.91 Å². The molecule has 0 aromatic heterocycles. The summed E-state index contributed by atoms with van der Waals surface area (Å²) in [6, 6.07) is 7.89. The second-order valence-corrected chi connectivity index (χ2v) is 6.41. The maximum absolute atomic E-state index is 12.3. The second-order valence-electron chi connectivity index (χ2n) is 6.41. The summed E-state index contributed by atoms with van der Waals surface area (Å²) in [6.07, 6.45) is 1.79. The quantitative estimate of drug-likeness (QED) is 0.742. The third-order valence-electron chi connectivity index (χ3n) is 4.29. The lowest BCUT2D eigenvalue weighted by molar-refractivity contribution is -0.899. The smallest absolute Gasteiger partial charge is 0.279 e. The number of quaternary nitrogens is 1. The van der Waals surface area contributed by atoms with Gasteiger partial charge >= 0.3 is 0 Å². The lowest BCUT2D eigenvalue weighted by atomic mass is 9.97. The van der Waals surface area contributed by atoms with E-state index in [1.54, 1.807) is 0 Å². The monoisotopic (exact) mass is 304 g/mol. The Labute approximate surface area is 131 Å². The molecule has 4 N–H and O–H groups in total. The van der Waals surface area contributed by atoms with Crippen LogP contribution in [0.15, 0.2) is 24.3 Å². The molecule has 5 heteroatoms. The second kappa shape index (κ2) is 7.40. The molecule has 1 saturated heterocycles. The maximum Gasteiger partial charge on any atom is 0.279 e. The Morgan fingerprint density at radius 3 is 2.77 bits per heavy atom. The molecule has 1 aromatic rings. The minimum absolute atomic E-state index is 0.00628. The largest absolute Gasteiger partial charge is 0.369 e. The van der Waals surface area contributed by atoms with E-state index in [0.717, 1.165) is 35.5 Å². The lowest BCUT2D eigenvalue weighted by Crippen LogP contribution is -3.14. The summed E-state index contributed by atoms with van der Waals surface area (Å²) >= 11 is 0. The van der Waals surface area contributed by atoms with Gasteiger partial charge in [-0.15, -0.1) is 0 Å². The highest BCUT2D eigenvalue weighted by molar-refractivity contribution is 5.92. The van der Waals surface area contributed by atoms with Gasteiger partial charge in [-0.05, 0) is 30.4 Å². The Kier molecular flexibility index (Phi) is 5.55. The van der Waals surface area contributed by atoms with E-state index in [2.05, 4.69) is 19.2 Å². The summed E-state index contributed by atoms with van der Waals surface area (Å²) in [5, 5.41) is 3.01. The van der Waals surface area contributed by atoms with Crippen molar-refractivity contribution in [1.82, 2.24) is 0 Å². The minimum atomic E-state index is -0.247. The number of rotatable bonds is 5. The van der Waals surface area contributed by atoms with Gasteiger partial charge in [0.05, 0.1) is 19.0 Å². The van der Waals surface area contributed by atoms with Gasteiger partial charge in [-0.25, -0.2) is 0 Å². The lowest BCUT2D eigenvalue weighted by Gasteiger charge is -2.27. The zero-order valence-electron chi connectivity index (χ0n) is 13.4. The molecule has 1 unspecified atom stereocenters. The van der Waals surface area contributed by atoms with Crippen LogP contribution in [-0.4, -0.2) is 31.4 Å². The number of carbonyl (C=O) groups is 2. The Balaban J connectivity index is 1.94. The first-order valence-corrected chi connectivity index (χ1v) is 7.99. The van der Waals surface area contributed by atoms with Gasteiger partial charge < -0.3 is 16.0 Å². The number of para-hydroxylation sites is 1. The Hall–Kier alpha value is -1.88. The molecule has 2 atom stereocenters. The molecular weight excluding hydrogens is 278 g/mol.